The van der Waals surface area contributed by atoms with E-state index in [1.165, 1.54) is 12.1 Å². The molecule has 1 rings (SSSR count). The molecule has 0 unspecified atom stereocenters. The van der Waals surface area contributed by atoms with Crippen LogP contribution in [-0.4, -0.2) is 11.1 Å². The molecule has 0 saturated heterocycles. The molecule has 4 heteroatoms. The van der Waals surface area contributed by atoms with Gasteiger partial charge in [0.2, 0.25) is 0 Å². The molecule has 4 nitrogen and oxygen atoms in total. The number of rotatable bonds is 4. The first kappa shape index (κ1) is 10.4. The lowest BCUT2D eigenvalue weighted by atomic mass is 10.1. The topological polar surface area (TPSA) is 73.7 Å². The number of aromatic carboxylic acids is 1. The molecule has 0 atom stereocenters. The number of aryl methyl sites for hydroxylation is 1. The van der Waals surface area contributed by atoms with Crippen molar-refractivity contribution < 1.29 is 9.90 Å². The summed E-state index contributed by atoms with van der Waals surface area (Å²) in [6, 6.07) is 4.57. The van der Waals surface area contributed by atoms with Gasteiger partial charge in [0.25, 0.3) is 5.69 Å². The van der Waals surface area contributed by atoms with Crippen molar-refractivity contribution in [3.63, 3.8) is 0 Å². The molecule has 0 heterocycles. The maximum atomic E-state index is 10.6. The van der Waals surface area contributed by atoms with E-state index in [1.807, 2.05) is 6.92 Å². The molecule has 0 amide bonds. The third kappa shape index (κ3) is 2.16. The summed E-state index contributed by atoms with van der Waals surface area (Å²) in [5, 5.41) is 11.8. The first-order valence-electron chi connectivity index (χ1n) is 4.40. The molecule has 0 bridgehead atoms. The van der Waals surface area contributed by atoms with Crippen molar-refractivity contribution in [2.75, 3.05) is 0 Å². The van der Waals surface area contributed by atoms with Crippen LogP contribution in [0.3, 0.4) is 0 Å². The highest BCUT2D eigenvalue weighted by Crippen LogP contribution is 2.18. The zero-order valence-electron chi connectivity index (χ0n) is 7.90. The maximum Gasteiger partial charge on any atom is 0.335 e. The second kappa shape index (κ2) is 4.50. The van der Waals surface area contributed by atoms with E-state index in [1.54, 1.807) is 6.07 Å². The Labute approximate surface area is 82.1 Å². The fourth-order valence-corrected chi connectivity index (χ4v) is 1.27. The molecular weight excluding hydrogens is 180 g/mol. The van der Waals surface area contributed by atoms with E-state index in [-0.39, 0.29) is 5.56 Å². The minimum Gasteiger partial charge on any atom is -0.478 e. The fraction of sp³-hybridized carbons (Fsp3) is 0.300. The van der Waals surface area contributed by atoms with Gasteiger partial charge in [-0.2, -0.15) is 0 Å². The molecule has 1 aromatic rings. The van der Waals surface area contributed by atoms with Crippen LogP contribution in [-0.2, 0) is 6.42 Å². The van der Waals surface area contributed by atoms with Gasteiger partial charge in [-0.05, 0) is 17.6 Å². The van der Waals surface area contributed by atoms with Gasteiger partial charge in [-0.1, -0.05) is 19.4 Å². The highest BCUT2D eigenvalue weighted by atomic mass is 16.4. The summed E-state index contributed by atoms with van der Waals surface area (Å²) in [6.07, 6.45) is 1.70. The van der Waals surface area contributed by atoms with E-state index < -0.39 is 5.97 Å². The largest absolute Gasteiger partial charge is 0.478 e. The molecule has 14 heavy (non-hydrogen) atoms. The second-order valence-corrected chi connectivity index (χ2v) is 3.00. The maximum absolute atomic E-state index is 10.6. The van der Waals surface area contributed by atoms with Crippen LogP contribution in [0.25, 0.3) is 5.53 Å². The first-order valence-corrected chi connectivity index (χ1v) is 4.40. The molecule has 0 fully saturated rings. The normalized spacial score (nSPS) is 9.79. The summed E-state index contributed by atoms with van der Waals surface area (Å²) in [7, 11) is 0. The minimum atomic E-state index is -1.02. The Morgan fingerprint density at radius 3 is 2.79 bits per heavy atom. The van der Waals surface area contributed by atoms with Gasteiger partial charge in [-0.25, -0.2) is 4.79 Å². The Bertz CT molecular complexity index is 361. The summed E-state index contributed by atoms with van der Waals surface area (Å²) in [5.74, 6) is -1.02. The zero-order valence-corrected chi connectivity index (χ0v) is 7.90. The van der Waals surface area contributed by atoms with Crippen LogP contribution < -0.4 is 5.11 Å². The third-order valence-electron chi connectivity index (χ3n) is 1.96. The number of hydrogen-bond donors (Lipinski definition) is 1. The lowest BCUT2D eigenvalue weighted by Crippen LogP contribution is -1.98. The molecule has 1 radical (unpaired) electrons. The van der Waals surface area contributed by atoms with Gasteiger partial charge in [0.05, 0.1) is 5.56 Å². The van der Waals surface area contributed by atoms with Crippen molar-refractivity contribution >= 4 is 11.7 Å². The Balaban J connectivity index is 3.11. The molecule has 0 spiro atoms. The fourth-order valence-electron chi connectivity index (χ4n) is 1.27. The Morgan fingerprint density at radius 2 is 2.29 bits per heavy atom. The number of hydrogen-bond acceptors (Lipinski definition) is 2. The predicted molar refractivity (Wildman–Crippen MR) is 52.5 cm³/mol. The number of carboxylic acids is 1. The molecule has 0 aliphatic carbocycles. The SMILES string of the molecule is CCCc1ccc(C(=O)O)cc1[N+]=[N-]. The van der Waals surface area contributed by atoms with Crippen molar-refractivity contribution in [1.82, 2.24) is 5.11 Å². The van der Waals surface area contributed by atoms with Crippen molar-refractivity contribution in [3.8, 4) is 0 Å². The molecule has 73 valence electrons. The quantitative estimate of drug-likeness (QED) is 0.741. The summed E-state index contributed by atoms with van der Waals surface area (Å²) in [5.41, 5.74) is 10.0. The predicted octanol–water partition coefficient (Wildman–Crippen LogP) is 2.33. The summed E-state index contributed by atoms with van der Waals surface area (Å²) >= 11 is 0. The average Bonchev–Trinajstić information content (AvgIpc) is 2.18. The minimum absolute atomic E-state index is 0.137. The van der Waals surface area contributed by atoms with Crippen molar-refractivity contribution in [2.24, 2.45) is 0 Å². The van der Waals surface area contributed by atoms with E-state index in [4.69, 9.17) is 10.6 Å². The van der Waals surface area contributed by atoms with E-state index >= 15 is 0 Å². The van der Waals surface area contributed by atoms with Crippen LogP contribution in [0.15, 0.2) is 18.2 Å². The Hall–Kier alpha value is -1.71. The second-order valence-electron chi connectivity index (χ2n) is 3.00. The van der Waals surface area contributed by atoms with Gasteiger partial charge in [-0.15, -0.1) is 0 Å². The molecule has 0 saturated carbocycles. The van der Waals surface area contributed by atoms with Gasteiger partial charge < -0.3 is 10.6 Å². The van der Waals surface area contributed by atoms with Gasteiger partial charge in [0.1, 0.15) is 0 Å². The van der Waals surface area contributed by atoms with Crippen LogP contribution in [0.4, 0.5) is 5.69 Å². The number of nitrogens with zero attached hydrogens (tertiary/aromatic N) is 2. The van der Waals surface area contributed by atoms with Crippen LogP contribution in [0.2, 0.25) is 0 Å². The third-order valence-corrected chi connectivity index (χ3v) is 1.96. The van der Waals surface area contributed by atoms with Crippen LogP contribution >= 0.6 is 0 Å². The molecular formula is C10H11N2O2. The van der Waals surface area contributed by atoms with E-state index in [2.05, 4.69) is 5.11 Å². The lowest BCUT2D eigenvalue weighted by molar-refractivity contribution is 0.0697. The lowest BCUT2D eigenvalue weighted by Gasteiger charge is -1.99. The highest BCUT2D eigenvalue weighted by molar-refractivity contribution is 5.88. The summed E-state index contributed by atoms with van der Waals surface area (Å²) in [4.78, 5) is 10.6. The smallest absolute Gasteiger partial charge is 0.335 e. The monoisotopic (exact) mass is 191 g/mol. The molecule has 1 aromatic carbocycles. The van der Waals surface area contributed by atoms with E-state index in [9.17, 15) is 4.79 Å². The van der Waals surface area contributed by atoms with Crippen LogP contribution in [0.5, 0.6) is 0 Å². The van der Waals surface area contributed by atoms with Crippen molar-refractivity contribution in [3.05, 3.63) is 34.9 Å². The van der Waals surface area contributed by atoms with Crippen LogP contribution in [0.1, 0.15) is 29.3 Å². The number of carboxylic acid groups (broad SMARTS) is 1. The average molecular weight is 191 g/mol. The summed E-state index contributed by atoms with van der Waals surface area (Å²) < 4.78 is 0. The standard InChI is InChI=1S/C10H11N2O2/c1-2-3-7-4-5-8(10(13)14)6-9(7)12-11/h4-6H,2-3H2,1H3,(H,13,14). The zero-order chi connectivity index (χ0) is 10.6. The van der Waals surface area contributed by atoms with Gasteiger partial charge in [-0.3, -0.25) is 0 Å². The molecule has 0 aliphatic rings. The van der Waals surface area contributed by atoms with Gasteiger partial charge in [0.15, 0.2) is 0 Å². The Morgan fingerprint density at radius 1 is 1.57 bits per heavy atom. The van der Waals surface area contributed by atoms with Crippen molar-refractivity contribution in [2.45, 2.75) is 19.8 Å². The summed E-state index contributed by atoms with van der Waals surface area (Å²) in [6.45, 7) is 2.01. The number of carbonyl (C=O) groups is 1. The van der Waals surface area contributed by atoms with Gasteiger partial charge >= 0.3 is 5.97 Å². The molecule has 0 aromatic heterocycles. The molecule has 1 N–H and O–H groups in total. The first-order chi connectivity index (χ1) is 6.69. The van der Waals surface area contributed by atoms with E-state index in [0.29, 0.717) is 5.69 Å². The molecule has 0 aliphatic heterocycles. The van der Waals surface area contributed by atoms with Gasteiger partial charge in [0, 0.05) is 11.6 Å². The number of benzene rings is 1. The van der Waals surface area contributed by atoms with Crippen LogP contribution in [0, 0.1) is 0 Å². The Kier molecular flexibility index (Phi) is 3.34. The van der Waals surface area contributed by atoms with Crippen molar-refractivity contribution in [1.29, 1.82) is 0 Å². The highest BCUT2D eigenvalue weighted by Gasteiger charge is 2.11. The van der Waals surface area contributed by atoms with E-state index in [0.717, 1.165) is 18.4 Å².